The van der Waals surface area contributed by atoms with Gasteiger partial charge < -0.3 is 19.8 Å². The first kappa shape index (κ1) is 43.9. The molecule has 0 unspecified atom stereocenters. The van der Waals surface area contributed by atoms with Crippen LogP contribution in [0.25, 0.3) is 0 Å². The van der Waals surface area contributed by atoms with Gasteiger partial charge in [0.25, 0.3) is 0 Å². The molecule has 228 valence electrons. The maximum absolute atomic E-state index is 10.2. The molecule has 0 radical (unpaired) electrons. The summed E-state index contributed by atoms with van der Waals surface area (Å²) in [4.78, 5) is 20.4. The largest absolute Gasteiger partial charge is 2.00 e. The molecule has 0 atom stereocenters. The summed E-state index contributed by atoms with van der Waals surface area (Å²) < 4.78 is 0. The second-order valence-electron chi connectivity index (χ2n) is 11.4. The van der Waals surface area contributed by atoms with E-state index in [9.17, 15) is 19.8 Å². The van der Waals surface area contributed by atoms with Crippen LogP contribution in [0.3, 0.4) is 0 Å². The molecule has 0 aliphatic heterocycles. The zero-order valence-electron chi connectivity index (χ0n) is 26.6. The molecule has 0 fully saturated rings. The Hall–Kier alpha value is 0.421. The van der Waals surface area contributed by atoms with Crippen molar-refractivity contribution in [1.82, 2.24) is 0 Å². The Bertz CT molecular complexity index is 428. The molecule has 0 saturated heterocycles. The maximum atomic E-state index is 10.2. The SMILES string of the molecule is CCCCCCCCCCCCCCCCC(=O)[O-].CCCCCCCCCCCCCCCCC(=O)[O-].[Sr+2]. The van der Waals surface area contributed by atoms with Gasteiger partial charge in [0, 0.05) is 11.9 Å². The number of aliphatic carboxylic acids is 2. The summed E-state index contributed by atoms with van der Waals surface area (Å²) in [5.74, 6) is -1.81. The van der Waals surface area contributed by atoms with Gasteiger partial charge in [0.2, 0.25) is 0 Å². The van der Waals surface area contributed by atoms with Crippen molar-refractivity contribution >= 4 is 57.4 Å². The van der Waals surface area contributed by atoms with Crippen molar-refractivity contribution in [2.75, 3.05) is 0 Å². The molecule has 0 amide bonds. The molecule has 5 heteroatoms. The molecule has 0 aromatic rings. The van der Waals surface area contributed by atoms with E-state index in [4.69, 9.17) is 0 Å². The summed E-state index contributed by atoms with van der Waals surface area (Å²) in [5, 5.41) is 20.4. The molecular weight excluding hydrogens is 560 g/mol. The molecule has 0 saturated carbocycles. The van der Waals surface area contributed by atoms with E-state index in [0.29, 0.717) is 0 Å². The van der Waals surface area contributed by atoms with Gasteiger partial charge in [0.1, 0.15) is 0 Å². The van der Waals surface area contributed by atoms with E-state index in [2.05, 4.69) is 13.8 Å². The van der Waals surface area contributed by atoms with Gasteiger partial charge in [-0.25, -0.2) is 0 Å². The third-order valence-corrected chi connectivity index (χ3v) is 7.47. The number of carbonyl (C=O) groups is 2. The molecule has 0 aromatic heterocycles. The average Bonchev–Trinajstić information content (AvgIpc) is 2.89. The van der Waals surface area contributed by atoms with Crippen LogP contribution >= 0.6 is 0 Å². The smallest absolute Gasteiger partial charge is 0.550 e. The summed E-state index contributed by atoms with van der Waals surface area (Å²) >= 11 is 0. The summed E-state index contributed by atoms with van der Waals surface area (Å²) in [7, 11) is 0. The fraction of sp³-hybridized carbons (Fsp3) is 0.941. The first-order chi connectivity index (χ1) is 18.5. The van der Waals surface area contributed by atoms with E-state index in [1.807, 2.05) is 0 Å². The van der Waals surface area contributed by atoms with Gasteiger partial charge in [-0.15, -0.1) is 0 Å². The first-order valence-electron chi connectivity index (χ1n) is 16.9. The number of unbranched alkanes of at least 4 members (excludes halogenated alkanes) is 26. The van der Waals surface area contributed by atoms with Crippen LogP contribution in [0.4, 0.5) is 0 Å². The number of hydrogen-bond acceptors (Lipinski definition) is 4. The Balaban J connectivity index is -0.000000648. The summed E-state index contributed by atoms with van der Waals surface area (Å²) in [6, 6.07) is 0. The molecule has 0 N–H and O–H groups in total. The van der Waals surface area contributed by atoms with Crippen LogP contribution in [-0.4, -0.2) is 57.4 Å². The molecule has 39 heavy (non-hydrogen) atoms. The van der Waals surface area contributed by atoms with E-state index in [1.165, 1.54) is 154 Å². The fourth-order valence-corrected chi connectivity index (χ4v) is 4.93. The van der Waals surface area contributed by atoms with Gasteiger partial charge in [-0.2, -0.15) is 0 Å². The van der Waals surface area contributed by atoms with Gasteiger partial charge >= 0.3 is 45.5 Å². The number of carbonyl (C=O) groups excluding carboxylic acids is 2. The third kappa shape index (κ3) is 48.5. The molecule has 4 nitrogen and oxygen atoms in total. The Labute approximate surface area is 281 Å². The quantitative estimate of drug-likeness (QED) is 0.0590. The third-order valence-electron chi connectivity index (χ3n) is 7.47. The second kappa shape index (κ2) is 40.6. The molecule has 0 spiro atoms. The van der Waals surface area contributed by atoms with Crippen molar-refractivity contribution in [2.45, 2.75) is 206 Å². The van der Waals surface area contributed by atoms with Crippen molar-refractivity contribution in [3.05, 3.63) is 0 Å². The van der Waals surface area contributed by atoms with Crippen molar-refractivity contribution in [1.29, 1.82) is 0 Å². The van der Waals surface area contributed by atoms with Crippen molar-refractivity contribution in [2.24, 2.45) is 0 Å². The predicted molar refractivity (Wildman–Crippen MR) is 166 cm³/mol. The second-order valence-corrected chi connectivity index (χ2v) is 11.4. The Morgan fingerprint density at radius 1 is 0.333 bits per heavy atom. The molecular formula is C34H66O4Sr. The average molecular weight is 627 g/mol. The molecule has 0 bridgehead atoms. The van der Waals surface area contributed by atoms with E-state index in [0.717, 1.165) is 25.7 Å². The molecule has 0 aromatic carbocycles. The zero-order valence-corrected chi connectivity index (χ0v) is 30.0. The van der Waals surface area contributed by atoms with Gasteiger partial charge in [-0.3, -0.25) is 0 Å². The minimum absolute atomic E-state index is 0. The molecule has 0 rings (SSSR count). The van der Waals surface area contributed by atoms with Crippen LogP contribution in [0.2, 0.25) is 0 Å². The molecule has 0 aliphatic carbocycles. The van der Waals surface area contributed by atoms with Crippen LogP contribution in [0.1, 0.15) is 206 Å². The van der Waals surface area contributed by atoms with Crippen molar-refractivity contribution in [3.63, 3.8) is 0 Å². The molecule has 0 aliphatic rings. The van der Waals surface area contributed by atoms with Crippen LogP contribution < -0.4 is 10.2 Å². The van der Waals surface area contributed by atoms with E-state index >= 15 is 0 Å². The van der Waals surface area contributed by atoms with Crippen LogP contribution in [0.5, 0.6) is 0 Å². The van der Waals surface area contributed by atoms with E-state index in [1.54, 1.807) is 0 Å². The minimum atomic E-state index is -0.904. The predicted octanol–water partition coefficient (Wildman–Crippen LogP) is 8.83. The normalized spacial score (nSPS) is 10.5. The minimum Gasteiger partial charge on any atom is -0.550 e. The topological polar surface area (TPSA) is 80.3 Å². The Kier molecular flexibility index (Phi) is 45.6. The summed E-state index contributed by atoms with van der Waals surface area (Å²) in [6.07, 6.45) is 36.8. The number of hydrogen-bond donors (Lipinski definition) is 0. The monoisotopic (exact) mass is 626 g/mol. The van der Waals surface area contributed by atoms with Gasteiger partial charge in [-0.05, 0) is 25.7 Å². The van der Waals surface area contributed by atoms with Gasteiger partial charge in [0.15, 0.2) is 0 Å². The summed E-state index contributed by atoms with van der Waals surface area (Å²) in [5.41, 5.74) is 0. The standard InChI is InChI=1S/2C17H34O2.Sr/c2*1-2-3-4-5-6-7-8-9-10-11-12-13-14-15-16-17(18)19;/h2*2-16H2,1H3,(H,18,19);/q;;+2/p-2. The van der Waals surface area contributed by atoms with E-state index in [-0.39, 0.29) is 58.3 Å². The van der Waals surface area contributed by atoms with Crippen molar-refractivity contribution in [3.8, 4) is 0 Å². The summed E-state index contributed by atoms with van der Waals surface area (Å²) in [6.45, 7) is 4.52. The van der Waals surface area contributed by atoms with Crippen LogP contribution in [0, 0.1) is 0 Å². The number of carboxylic acid groups (broad SMARTS) is 2. The van der Waals surface area contributed by atoms with Crippen LogP contribution in [-0.2, 0) is 9.59 Å². The zero-order chi connectivity index (χ0) is 28.4. The fourth-order valence-electron chi connectivity index (χ4n) is 4.93. The van der Waals surface area contributed by atoms with Gasteiger partial charge in [0.05, 0.1) is 0 Å². The Morgan fingerprint density at radius 2 is 0.487 bits per heavy atom. The Morgan fingerprint density at radius 3 is 0.641 bits per heavy atom. The van der Waals surface area contributed by atoms with Crippen LogP contribution in [0.15, 0.2) is 0 Å². The van der Waals surface area contributed by atoms with E-state index < -0.39 is 11.9 Å². The maximum Gasteiger partial charge on any atom is 2.00 e. The van der Waals surface area contributed by atoms with Gasteiger partial charge in [-0.1, -0.05) is 181 Å². The molecule has 0 heterocycles. The number of carboxylic acids is 2. The van der Waals surface area contributed by atoms with Crippen molar-refractivity contribution < 1.29 is 19.8 Å². The number of rotatable bonds is 30. The first-order valence-corrected chi connectivity index (χ1v) is 16.9.